The van der Waals surface area contributed by atoms with Gasteiger partial charge in [0.25, 0.3) is 0 Å². The molecule has 0 aliphatic carbocycles. The van der Waals surface area contributed by atoms with Crippen LogP contribution in [-0.2, 0) is 25.2 Å². The predicted octanol–water partition coefficient (Wildman–Crippen LogP) is 1.28. The topological polar surface area (TPSA) is 0 Å². The molecule has 0 saturated heterocycles. The Morgan fingerprint density at radius 2 is 1.75 bits per heavy atom. The van der Waals surface area contributed by atoms with Gasteiger partial charge in [-0.1, -0.05) is 0 Å². The summed E-state index contributed by atoms with van der Waals surface area (Å²) in [5, 5.41) is 0. The van der Waals surface area contributed by atoms with Gasteiger partial charge in [0.05, 0.1) is 0 Å². The first-order valence-electron chi connectivity index (χ1n) is 2.53. The van der Waals surface area contributed by atoms with Gasteiger partial charge < -0.3 is 0 Å². The summed E-state index contributed by atoms with van der Waals surface area (Å²) in [6.45, 7) is 0. The zero-order valence-corrected chi connectivity index (χ0v) is 9.97. The van der Waals surface area contributed by atoms with Crippen LogP contribution in [0.4, 0.5) is 2.47 Å². The number of hydrogen-bond donors (Lipinski definition) is 0. The molecule has 2 heteroatoms. The summed E-state index contributed by atoms with van der Waals surface area (Å²) in [4.78, 5) is 0. The third-order valence-corrected chi connectivity index (χ3v) is 4.03. The van der Waals surface area contributed by atoms with Crippen LogP contribution >= 0.6 is 0 Å². The summed E-state index contributed by atoms with van der Waals surface area (Å²) in [6.07, 6.45) is 0. The van der Waals surface area contributed by atoms with E-state index < -0.39 is 25.2 Å². The second-order valence-electron chi connectivity index (χ2n) is 1.62. The van der Waals surface area contributed by atoms with Crippen LogP contribution < -0.4 is 3.07 Å². The molecule has 38 valence electrons. The number of rotatable bonds is 1. The molecule has 0 bridgehead atoms. The fraction of sp³-hybridized carbons (Fsp3) is 0. The molecule has 0 aromatic heterocycles. The SMILES string of the molecule is [F][Hg][c]1ccccc1. The Bertz CT molecular complexity index is 150. The van der Waals surface area contributed by atoms with Crippen LogP contribution in [-0.4, -0.2) is 0 Å². The van der Waals surface area contributed by atoms with Gasteiger partial charge in [-0.25, -0.2) is 0 Å². The van der Waals surface area contributed by atoms with E-state index in [2.05, 4.69) is 0 Å². The standard InChI is InChI=1S/C6H5.FH.Hg/c1-2-4-6-5-3-1;;/h1-5H;1H;/q;;+1/p-1. The van der Waals surface area contributed by atoms with Crippen molar-refractivity contribution in [2.75, 3.05) is 0 Å². The van der Waals surface area contributed by atoms with Crippen molar-refractivity contribution in [3.05, 3.63) is 30.3 Å². The van der Waals surface area contributed by atoms with Gasteiger partial charge in [0, 0.05) is 0 Å². The van der Waals surface area contributed by atoms with Crippen LogP contribution in [0.5, 0.6) is 0 Å². The van der Waals surface area contributed by atoms with Crippen LogP contribution in [0, 0.1) is 0 Å². The first kappa shape index (κ1) is 6.21. The molecule has 0 radical (unpaired) electrons. The molecule has 0 spiro atoms. The van der Waals surface area contributed by atoms with Crippen molar-refractivity contribution in [1.82, 2.24) is 0 Å². The van der Waals surface area contributed by atoms with E-state index in [9.17, 15) is 2.47 Å². The molecule has 0 aliphatic rings. The quantitative estimate of drug-likeness (QED) is 0.685. The molecule has 1 rings (SSSR count). The predicted molar refractivity (Wildman–Crippen MR) is 27.2 cm³/mol. The first-order chi connectivity index (χ1) is 3.93. The molecule has 0 heterocycles. The molecule has 0 aliphatic heterocycles. The van der Waals surface area contributed by atoms with Gasteiger partial charge in [0.2, 0.25) is 0 Å². The third kappa shape index (κ3) is 1.55. The van der Waals surface area contributed by atoms with Crippen molar-refractivity contribution in [3.8, 4) is 0 Å². The van der Waals surface area contributed by atoms with Crippen molar-refractivity contribution >= 4 is 3.07 Å². The Hall–Kier alpha value is 0.0851. The van der Waals surface area contributed by atoms with Gasteiger partial charge in [0.15, 0.2) is 0 Å². The normalized spacial score (nSPS) is 8.12. The van der Waals surface area contributed by atoms with E-state index in [1.807, 2.05) is 30.3 Å². The minimum atomic E-state index is -2.04. The Balaban J connectivity index is 2.83. The van der Waals surface area contributed by atoms with E-state index >= 15 is 0 Å². The molecular weight excluding hydrogens is 292 g/mol. The molecule has 1 aromatic carbocycles. The molecule has 0 nitrogen and oxygen atoms in total. The summed E-state index contributed by atoms with van der Waals surface area (Å²) in [6, 6.07) is 9.40. The maximum absolute atomic E-state index is 11.9. The molecule has 0 saturated carbocycles. The fourth-order valence-electron chi connectivity index (χ4n) is 0.567. The number of halogens is 1. The molecule has 0 unspecified atom stereocenters. The van der Waals surface area contributed by atoms with E-state index in [-0.39, 0.29) is 0 Å². The van der Waals surface area contributed by atoms with E-state index in [4.69, 9.17) is 0 Å². The Morgan fingerprint density at radius 1 is 1.12 bits per heavy atom. The second-order valence-corrected chi connectivity index (χ2v) is 5.83. The molecule has 8 heavy (non-hydrogen) atoms. The number of hydrogen-bond acceptors (Lipinski definition) is 0. The fourth-order valence-corrected chi connectivity index (χ4v) is 2.32. The van der Waals surface area contributed by atoms with Gasteiger partial charge in [0.1, 0.15) is 0 Å². The molecule has 0 atom stereocenters. The van der Waals surface area contributed by atoms with Gasteiger partial charge in [-0.15, -0.1) is 0 Å². The van der Waals surface area contributed by atoms with Gasteiger partial charge in [-0.05, 0) is 0 Å². The van der Waals surface area contributed by atoms with Crippen LogP contribution in [0.2, 0.25) is 0 Å². The molecule has 0 amide bonds. The second kappa shape index (κ2) is 3.18. The molecule has 0 N–H and O–H groups in total. The van der Waals surface area contributed by atoms with Crippen molar-refractivity contribution in [1.29, 1.82) is 0 Å². The van der Waals surface area contributed by atoms with Crippen molar-refractivity contribution in [2.45, 2.75) is 0 Å². The average Bonchev–Trinajstić information content (AvgIpc) is 1.90. The average molecular weight is 297 g/mol. The molecule has 1 aromatic rings. The number of benzene rings is 1. The van der Waals surface area contributed by atoms with Crippen molar-refractivity contribution < 1.29 is 27.7 Å². The Morgan fingerprint density at radius 3 is 2.12 bits per heavy atom. The third-order valence-electron chi connectivity index (χ3n) is 0.997. The monoisotopic (exact) mass is 298 g/mol. The summed E-state index contributed by atoms with van der Waals surface area (Å²) in [5.41, 5.74) is 0. The molecule has 0 fully saturated rings. The first-order valence-corrected chi connectivity index (χ1v) is 7.36. The van der Waals surface area contributed by atoms with Crippen LogP contribution in [0.15, 0.2) is 30.3 Å². The summed E-state index contributed by atoms with van der Waals surface area (Å²) in [7, 11) is 0. The zero-order valence-electron chi connectivity index (χ0n) is 4.47. The summed E-state index contributed by atoms with van der Waals surface area (Å²) < 4.78 is 12.9. The van der Waals surface area contributed by atoms with E-state index in [1.165, 1.54) is 0 Å². The zero-order chi connectivity index (χ0) is 5.82. The van der Waals surface area contributed by atoms with E-state index in [0.717, 1.165) is 3.07 Å². The van der Waals surface area contributed by atoms with Gasteiger partial charge in [-0.2, -0.15) is 0 Å². The Labute approximate surface area is 61.1 Å². The molecular formula is C6H5FHg. The summed E-state index contributed by atoms with van der Waals surface area (Å²) >= 11 is -2.04. The van der Waals surface area contributed by atoms with Crippen LogP contribution in [0.3, 0.4) is 0 Å². The van der Waals surface area contributed by atoms with Crippen LogP contribution in [0.25, 0.3) is 0 Å². The summed E-state index contributed by atoms with van der Waals surface area (Å²) in [5.74, 6) is 0. The maximum atomic E-state index is 11.9. The van der Waals surface area contributed by atoms with Crippen molar-refractivity contribution in [2.24, 2.45) is 0 Å². The minimum absolute atomic E-state index is 0.965. The van der Waals surface area contributed by atoms with Crippen LogP contribution in [0.1, 0.15) is 0 Å². The van der Waals surface area contributed by atoms with Gasteiger partial charge >= 0.3 is 61.1 Å². The van der Waals surface area contributed by atoms with Gasteiger partial charge in [-0.3, -0.25) is 0 Å². The van der Waals surface area contributed by atoms with E-state index in [0.29, 0.717) is 0 Å². The Kier molecular flexibility index (Phi) is 2.47. The van der Waals surface area contributed by atoms with E-state index in [1.54, 1.807) is 0 Å². The van der Waals surface area contributed by atoms with Crippen molar-refractivity contribution in [3.63, 3.8) is 0 Å².